The third-order valence-corrected chi connectivity index (χ3v) is 3.27. The highest BCUT2D eigenvalue weighted by molar-refractivity contribution is 5.07. The molecule has 4 heteroatoms. The molecule has 1 aromatic heterocycles. The molecule has 19 heavy (non-hydrogen) atoms. The molecule has 4 nitrogen and oxygen atoms in total. The number of aliphatic hydroxyl groups is 1. The zero-order chi connectivity index (χ0) is 13.3. The summed E-state index contributed by atoms with van der Waals surface area (Å²) in [6.45, 7) is 2.25. The van der Waals surface area contributed by atoms with E-state index in [4.69, 9.17) is 9.15 Å². The van der Waals surface area contributed by atoms with Crippen LogP contribution in [0.2, 0.25) is 0 Å². The van der Waals surface area contributed by atoms with Gasteiger partial charge >= 0.3 is 0 Å². The van der Waals surface area contributed by atoms with E-state index in [9.17, 15) is 5.11 Å². The van der Waals surface area contributed by atoms with Crippen molar-refractivity contribution in [1.82, 2.24) is 5.32 Å². The molecule has 2 rings (SSSR count). The van der Waals surface area contributed by atoms with Crippen molar-refractivity contribution in [2.75, 3.05) is 19.7 Å². The smallest absolute Gasteiger partial charge is 0.129 e. The molecule has 1 aliphatic rings. The normalized spacial score (nSPS) is 16.6. The van der Waals surface area contributed by atoms with Crippen molar-refractivity contribution in [3.05, 3.63) is 35.8 Å². The van der Waals surface area contributed by atoms with E-state index in [1.54, 1.807) is 11.8 Å². The van der Waals surface area contributed by atoms with Crippen LogP contribution in [0.3, 0.4) is 0 Å². The fourth-order valence-electron chi connectivity index (χ4n) is 2.23. The van der Waals surface area contributed by atoms with Crippen molar-refractivity contribution in [2.45, 2.75) is 38.4 Å². The molecular weight excluding hydrogens is 242 g/mol. The summed E-state index contributed by atoms with van der Waals surface area (Å²) in [5.74, 6) is 0.785. The van der Waals surface area contributed by atoms with Gasteiger partial charge in [-0.25, -0.2) is 0 Å². The van der Waals surface area contributed by atoms with Crippen LogP contribution in [0.15, 0.2) is 34.5 Å². The van der Waals surface area contributed by atoms with Gasteiger partial charge in [0, 0.05) is 6.54 Å². The highest BCUT2D eigenvalue weighted by Crippen LogP contribution is 2.19. The van der Waals surface area contributed by atoms with Crippen molar-refractivity contribution in [3.8, 4) is 0 Å². The number of hydrogen-bond acceptors (Lipinski definition) is 4. The number of hydrogen-bond donors (Lipinski definition) is 2. The topological polar surface area (TPSA) is 54.6 Å². The van der Waals surface area contributed by atoms with Crippen molar-refractivity contribution < 1.29 is 14.3 Å². The number of rotatable bonds is 9. The Labute approximate surface area is 114 Å². The summed E-state index contributed by atoms with van der Waals surface area (Å²) in [7, 11) is 0. The summed E-state index contributed by atoms with van der Waals surface area (Å²) >= 11 is 0. The lowest BCUT2D eigenvalue weighted by Gasteiger charge is -2.12. The quantitative estimate of drug-likeness (QED) is 0.531. The van der Waals surface area contributed by atoms with Gasteiger partial charge in [0.2, 0.25) is 0 Å². The van der Waals surface area contributed by atoms with E-state index in [0.717, 1.165) is 18.7 Å². The molecule has 0 amide bonds. The zero-order valence-corrected chi connectivity index (χ0v) is 11.3. The summed E-state index contributed by atoms with van der Waals surface area (Å²) in [6, 6.07) is 3.69. The molecule has 106 valence electrons. The van der Waals surface area contributed by atoms with Crippen LogP contribution >= 0.6 is 0 Å². The van der Waals surface area contributed by atoms with Crippen LogP contribution in [-0.2, 0) is 11.3 Å². The van der Waals surface area contributed by atoms with Crippen LogP contribution in [0.4, 0.5) is 0 Å². The first-order chi connectivity index (χ1) is 9.34. The Balaban J connectivity index is 1.46. The molecule has 0 bridgehead atoms. The van der Waals surface area contributed by atoms with Crippen molar-refractivity contribution in [2.24, 2.45) is 0 Å². The molecule has 0 saturated carbocycles. The third-order valence-electron chi connectivity index (χ3n) is 3.27. The monoisotopic (exact) mass is 265 g/mol. The van der Waals surface area contributed by atoms with Gasteiger partial charge < -0.3 is 19.6 Å². The molecule has 2 N–H and O–H groups in total. The van der Waals surface area contributed by atoms with Crippen LogP contribution in [0.5, 0.6) is 0 Å². The summed E-state index contributed by atoms with van der Waals surface area (Å²) < 4.78 is 10.5. The number of allylic oxidation sites excluding steroid dienone is 1. The van der Waals surface area contributed by atoms with Gasteiger partial charge in [-0.1, -0.05) is 11.6 Å². The van der Waals surface area contributed by atoms with Crippen LogP contribution in [0.25, 0.3) is 0 Å². The minimum Gasteiger partial charge on any atom is -0.467 e. The van der Waals surface area contributed by atoms with E-state index in [1.807, 2.05) is 12.1 Å². The van der Waals surface area contributed by atoms with Gasteiger partial charge in [0.05, 0.1) is 19.0 Å². The Kier molecular flexibility index (Phi) is 6.14. The van der Waals surface area contributed by atoms with Gasteiger partial charge in [-0.3, -0.25) is 0 Å². The Morgan fingerprint density at radius 1 is 1.47 bits per heavy atom. The van der Waals surface area contributed by atoms with Gasteiger partial charge in [-0.2, -0.15) is 0 Å². The maximum atomic E-state index is 9.74. The maximum absolute atomic E-state index is 9.74. The molecule has 1 heterocycles. The van der Waals surface area contributed by atoms with Gasteiger partial charge in [0.1, 0.15) is 12.4 Å². The second kappa shape index (κ2) is 8.15. The molecule has 0 spiro atoms. The highest BCUT2D eigenvalue weighted by atomic mass is 16.5. The molecule has 0 saturated heterocycles. The Morgan fingerprint density at radius 3 is 3.16 bits per heavy atom. The SMILES string of the molecule is OC(CNCCC1=CCCC1)COCc1ccco1. The first kappa shape index (κ1) is 14.3. The number of nitrogens with one attached hydrogen (secondary N) is 1. The highest BCUT2D eigenvalue weighted by Gasteiger charge is 2.06. The van der Waals surface area contributed by atoms with E-state index in [1.165, 1.54) is 19.3 Å². The largest absolute Gasteiger partial charge is 0.467 e. The second-order valence-electron chi connectivity index (χ2n) is 4.96. The van der Waals surface area contributed by atoms with Crippen molar-refractivity contribution >= 4 is 0 Å². The predicted molar refractivity (Wildman–Crippen MR) is 73.8 cm³/mol. The first-order valence-electron chi connectivity index (χ1n) is 7.01. The van der Waals surface area contributed by atoms with E-state index >= 15 is 0 Å². The number of ether oxygens (including phenoxy) is 1. The minimum atomic E-state index is -0.465. The Bertz CT molecular complexity index is 373. The van der Waals surface area contributed by atoms with Crippen LogP contribution in [0, 0.1) is 0 Å². The summed E-state index contributed by atoms with van der Waals surface area (Å²) in [5.41, 5.74) is 1.55. The number of furan rings is 1. The average Bonchev–Trinajstić information content (AvgIpc) is 3.07. The van der Waals surface area contributed by atoms with Crippen LogP contribution < -0.4 is 5.32 Å². The lowest BCUT2D eigenvalue weighted by molar-refractivity contribution is 0.0228. The molecule has 1 aliphatic carbocycles. The molecule has 0 aliphatic heterocycles. The van der Waals surface area contributed by atoms with Gasteiger partial charge in [-0.15, -0.1) is 0 Å². The van der Waals surface area contributed by atoms with Gasteiger partial charge in [-0.05, 0) is 44.4 Å². The number of aliphatic hydroxyl groups excluding tert-OH is 1. The van der Waals surface area contributed by atoms with Crippen molar-refractivity contribution in [1.29, 1.82) is 0 Å². The van der Waals surface area contributed by atoms with Gasteiger partial charge in [0.15, 0.2) is 0 Å². The molecular formula is C15H23NO3. The third kappa shape index (κ3) is 5.59. The molecule has 1 aromatic rings. The second-order valence-corrected chi connectivity index (χ2v) is 4.96. The molecule has 1 atom stereocenters. The predicted octanol–water partition coefficient (Wildman–Crippen LogP) is 2.25. The standard InChI is InChI=1S/C15H23NO3/c17-14(11-18-12-15-6-3-9-19-15)10-16-8-7-13-4-1-2-5-13/h3-4,6,9,14,16-17H,1-2,5,7-8,10-12H2. The Morgan fingerprint density at radius 2 is 2.42 bits per heavy atom. The van der Waals surface area contributed by atoms with E-state index in [0.29, 0.717) is 19.8 Å². The zero-order valence-electron chi connectivity index (χ0n) is 11.3. The maximum Gasteiger partial charge on any atom is 0.129 e. The van der Waals surface area contributed by atoms with E-state index in [-0.39, 0.29) is 0 Å². The molecule has 0 radical (unpaired) electrons. The lowest BCUT2D eigenvalue weighted by atomic mass is 10.2. The van der Waals surface area contributed by atoms with Crippen LogP contribution in [-0.4, -0.2) is 30.9 Å². The van der Waals surface area contributed by atoms with Crippen LogP contribution in [0.1, 0.15) is 31.4 Å². The van der Waals surface area contributed by atoms with E-state index in [2.05, 4.69) is 11.4 Å². The molecule has 0 aromatic carbocycles. The molecule has 1 unspecified atom stereocenters. The summed E-state index contributed by atoms with van der Waals surface area (Å²) in [6.07, 6.45) is 8.37. The Hall–Kier alpha value is -1.10. The van der Waals surface area contributed by atoms with Crippen molar-refractivity contribution in [3.63, 3.8) is 0 Å². The average molecular weight is 265 g/mol. The minimum absolute atomic E-state index is 0.330. The summed E-state index contributed by atoms with van der Waals surface area (Å²) in [4.78, 5) is 0. The fraction of sp³-hybridized carbons (Fsp3) is 0.600. The lowest BCUT2D eigenvalue weighted by Crippen LogP contribution is -2.31. The van der Waals surface area contributed by atoms with Gasteiger partial charge in [0.25, 0.3) is 0 Å². The first-order valence-corrected chi connectivity index (χ1v) is 7.01. The van der Waals surface area contributed by atoms with E-state index < -0.39 is 6.10 Å². The summed E-state index contributed by atoms with van der Waals surface area (Å²) in [5, 5.41) is 13.0. The molecule has 0 fully saturated rings. The fourth-order valence-corrected chi connectivity index (χ4v) is 2.23.